The number of pyridine rings is 1. The van der Waals surface area contributed by atoms with Crippen LogP contribution in [-0.4, -0.2) is 39.4 Å². The zero-order valence-electron chi connectivity index (χ0n) is 15.6. The van der Waals surface area contributed by atoms with E-state index in [2.05, 4.69) is 4.98 Å². The van der Waals surface area contributed by atoms with Crippen molar-refractivity contribution in [1.29, 1.82) is 5.26 Å². The Kier molecular flexibility index (Phi) is 4.99. The molecule has 0 aliphatic carbocycles. The Morgan fingerprint density at radius 1 is 1.23 bits per heavy atom. The van der Waals surface area contributed by atoms with Crippen molar-refractivity contribution in [2.75, 3.05) is 0 Å². The molecule has 3 heterocycles. The van der Waals surface area contributed by atoms with Crippen LogP contribution in [-0.2, 0) is 4.74 Å². The van der Waals surface area contributed by atoms with Gasteiger partial charge in [-0.05, 0) is 65.0 Å². The fourth-order valence-corrected chi connectivity index (χ4v) is 4.05. The molecule has 2 atom stereocenters. The minimum absolute atomic E-state index is 0.0534. The number of carbonyl (C=O) groups excluding carboxylic acids is 2. The first-order chi connectivity index (χ1) is 12.3. The summed E-state index contributed by atoms with van der Waals surface area (Å²) in [4.78, 5) is 31.4. The molecule has 6 nitrogen and oxygen atoms in total. The Bertz CT molecular complexity index is 716. The predicted molar refractivity (Wildman–Crippen MR) is 95.5 cm³/mol. The van der Waals surface area contributed by atoms with Crippen molar-refractivity contribution in [3.63, 3.8) is 0 Å². The van der Waals surface area contributed by atoms with Gasteiger partial charge in [0.15, 0.2) is 5.78 Å². The van der Waals surface area contributed by atoms with Crippen LogP contribution in [0.25, 0.3) is 0 Å². The first kappa shape index (κ1) is 18.4. The summed E-state index contributed by atoms with van der Waals surface area (Å²) in [5.41, 5.74) is 0.322. The molecule has 1 amide bonds. The number of Topliss-reactive ketones (excluding diaryl/α,β-unsaturated/α-hetero) is 1. The van der Waals surface area contributed by atoms with E-state index in [0.29, 0.717) is 24.1 Å². The summed E-state index contributed by atoms with van der Waals surface area (Å²) in [6.07, 6.45) is 5.43. The number of aromatic nitrogens is 1. The molecule has 2 saturated heterocycles. The van der Waals surface area contributed by atoms with Gasteiger partial charge in [0.05, 0.1) is 0 Å². The number of fused-ring (bicyclic) bond motifs is 2. The lowest BCUT2D eigenvalue weighted by Gasteiger charge is -2.48. The number of nitriles is 1. The molecule has 138 valence electrons. The number of nitrogens with zero attached hydrogens (tertiary/aromatic N) is 3. The number of piperidine rings is 2. The first-order valence-electron chi connectivity index (χ1n) is 9.20. The topological polar surface area (TPSA) is 83.3 Å². The molecule has 0 N–H and O–H groups in total. The van der Waals surface area contributed by atoms with Crippen LogP contribution in [0.1, 0.15) is 68.9 Å². The maximum absolute atomic E-state index is 12.9. The molecule has 0 saturated carbocycles. The van der Waals surface area contributed by atoms with Crippen molar-refractivity contribution < 1.29 is 14.3 Å². The molecule has 0 aromatic carbocycles. The van der Waals surface area contributed by atoms with Crippen LogP contribution in [0, 0.1) is 17.2 Å². The highest BCUT2D eigenvalue weighted by molar-refractivity contribution is 5.97. The minimum atomic E-state index is -0.522. The molecule has 2 aliphatic rings. The van der Waals surface area contributed by atoms with E-state index in [1.165, 1.54) is 6.20 Å². The summed E-state index contributed by atoms with van der Waals surface area (Å²) in [5, 5.41) is 8.84. The van der Waals surface area contributed by atoms with Crippen molar-refractivity contribution in [3.8, 4) is 6.07 Å². The van der Waals surface area contributed by atoms with E-state index in [1.807, 2.05) is 31.7 Å². The second kappa shape index (κ2) is 7.06. The van der Waals surface area contributed by atoms with Gasteiger partial charge in [-0.2, -0.15) is 5.26 Å². The highest BCUT2D eigenvalue weighted by Gasteiger charge is 2.44. The molecule has 2 bridgehead atoms. The molecule has 0 radical (unpaired) electrons. The van der Waals surface area contributed by atoms with Crippen LogP contribution in [0.15, 0.2) is 18.3 Å². The summed E-state index contributed by atoms with van der Waals surface area (Å²) in [6, 6.07) is 5.31. The van der Waals surface area contributed by atoms with Crippen molar-refractivity contribution >= 4 is 11.9 Å². The smallest absolute Gasteiger partial charge is 0.410 e. The summed E-state index contributed by atoms with van der Waals surface area (Å²) < 4.78 is 5.58. The molecule has 2 unspecified atom stereocenters. The maximum Gasteiger partial charge on any atom is 0.410 e. The predicted octanol–water partition coefficient (Wildman–Crippen LogP) is 3.70. The SMILES string of the molecule is CC(C)(C)OC(=O)N1C2CCCC1CC(C(=O)c1ccc(C#N)nc1)C2. The normalized spacial score (nSPS) is 25.3. The van der Waals surface area contributed by atoms with Gasteiger partial charge in [-0.15, -0.1) is 0 Å². The van der Waals surface area contributed by atoms with Gasteiger partial charge < -0.3 is 9.64 Å². The fourth-order valence-electron chi connectivity index (χ4n) is 4.05. The van der Waals surface area contributed by atoms with Crippen LogP contribution in [0.2, 0.25) is 0 Å². The van der Waals surface area contributed by atoms with Crippen molar-refractivity contribution in [2.45, 2.75) is 70.6 Å². The van der Waals surface area contributed by atoms with Gasteiger partial charge in [0.25, 0.3) is 0 Å². The second-order valence-corrected chi connectivity index (χ2v) is 8.20. The maximum atomic E-state index is 12.9. The Morgan fingerprint density at radius 2 is 1.88 bits per heavy atom. The highest BCUT2D eigenvalue weighted by atomic mass is 16.6. The molecule has 6 heteroatoms. The highest BCUT2D eigenvalue weighted by Crippen LogP contribution is 2.39. The summed E-state index contributed by atoms with van der Waals surface area (Å²) in [7, 11) is 0. The molecule has 2 fully saturated rings. The monoisotopic (exact) mass is 355 g/mol. The van der Waals surface area contributed by atoms with Gasteiger partial charge in [-0.25, -0.2) is 9.78 Å². The van der Waals surface area contributed by atoms with Gasteiger partial charge >= 0.3 is 6.09 Å². The molecule has 2 aliphatic heterocycles. The summed E-state index contributed by atoms with van der Waals surface area (Å²) >= 11 is 0. The van der Waals surface area contributed by atoms with Crippen molar-refractivity contribution in [3.05, 3.63) is 29.6 Å². The second-order valence-electron chi connectivity index (χ2n) is 8.20. The van der Waals surface area contributed by atoms with Crippen molar-refractivity contribution in [1.82, 2.24) is 9.88 Å². The molecule has 26 heavy (non-hydrogen) atoms. The van der Waals surface area contributed by atoms with Crippen LogP contribution in [0.5, 0.6) is 0 Å². The van der Waals surface area contributed by atoms with Crippen LogP contribution in [0.3, 0.4) is 0 Å². The Labute approximate surface area is 154 Å². The number of rotatable bonds is 2. The minimum Gasteiger partial charge on any atom is -0.444 e. The number of ketones is 1. The van der Waals surface area contributed by atoms with E-state index in [0.717, 1.165) is 19.3 Å². The van der Waals surface area contributed by atoms with Gasteiger partial charge in [0, 0.05) is 29.8 Å². The van der Waals surface area contributed by atoms with Gasteiger partial charge in [0.2, 0.25) is 0 Å². The third-order valence-corrected chi connectivity index (χ3v) is 5.11. The molecule has 0 spiro atoms. The number of hydrogen-bond acceptors (Lipinski definition) is 5. The van der Waals surface area contributed by atoms with Gasteiger partial charge in [-0.1, -0.05) is 0 Å². The van der Waals surface area contributed by atoms with Crippen molar-refractivity contribution in [2.24, 2.45) is 5.92 Å². The van der Waals surface area contributed by atoms with Crippen LogP contribution < -0.4 is 0 Å². The zero-order valence-corrected chi connectivity index (χ0v) is 15.6. The number of amides is 1. The standard InChI is InChI=1S/C20H25N3O3/c1-20(2,3)26-19(25)23-16-5-4-6-17(23)10-14(9-16)18(24)13-7-8-15(11-21)22-12-13/h7-8,12,14,16-17H,4-6,9-10H2,1-3H3. The molecular formula is C20H25N3O3. The largest absolute Gasteiger partial charge is 0.444 e. The molecule has 1 aromatic heterocycles. The third kappa shape index (κ3) is 3.87. The lowest BCUT2D eigenvalue weighted by Crippen LogP contribution is -2.56. The van der Waals surface area contributed by atoms with E-state index in [9.17, 15) is 9.59 Å². The number of ether oxygens (including phenoxy) is 1. The molecule has 1 aromatic rings. The van der Waals surface area contributed by atoms with E-state index < -0.39 is 5.60 Å². The van der Waals surface area contributed by atoms with E-state index in [1.54, 1.807) is 12.1 Å². The average Bonchev–Trinajstić information content (AvgIpc) is 2.58. The third-order valence-electron chi connectivity index (χ3n) is 5.11. The molecular weight excluding hydrogens is 330 g/mol. The zero-order chi connectivity index (χ0) is 18.9. The lowest BCUT2D eigenvalue weighted by atomic mass is 9.76. The number of carbonyl (C=O) groups is 2. The van der Waals surface area contributed by atoms with Gasteiger partial charge in [0.1, 0.15) is 17.4 Å². The summed E-state index contributed by atoms with van der Waals surface area (Å²) in [5.74, 6) is -0.0542. The van der Waals surface area contributed by atoms with E-state index >= 15 is 0 Å². The quantitative estimate of drug-likeness (QED) is 0.755. The Hall–Kier alpha value is -2.42. The average molecular weight is 355 g/mol. The Morgan fingerprint density at radius 3 is 2.38 bits per heavy atom. The van der Waals surface area contributed by atoms with Crippen LogP contribution in [0.4, 0.5) is 4.79 Å². The molecule has 3 rings (SSSR count). The summed E-state index contributed by atoms with van der Waals surface area (Å²) in [6.45, 7) is 5.61. The lowest BCUT2D eigenvalue weighted by molar-refractivity contribution is -0.0260. The fraction of sp³-hybridized carbons (Fsp3) is 0.600. The van der Waals surface area contributed by atoms with Crippen LogP contribution >= 0.6 is 0 Å². The Balaban J connectivity index is 1.73. The van der Waals surface area contributed by atoms with E-state index in [4.69, 9.17) is 10.00 Å². The number of hydrogen-bond donors (Lipinski definition) is 0. The first-order valence-corrected chi connectivity index (χ1v) is 9.20. The van der Waals surface area contributed by atoms with Gasteiger partial charge in [-0.3, -0.25) is 4.79 Å². The van der Waals surface area contributed by atoms with E-state index in [-0.39, 0.29) is 29.9 Å².